The van der Waals surface area contributed by atoms with Gasteiger partial charge in [0.1, 0.15) is 0 Å². The maximum atomic E-state index is 5.30. The van der Waals surface area contributed by atoms with Gasteiger partial charge in [-0.05, 0) is 41.1 Å². The maximum absolute atomic E-state index is 5.30. The summed E-state index contributed by atoms with van der Waals surface area (Å²) in [6, 6.07) is 7.35. The number of hydrogen-bond donors (Lipinski definition) is 1. The van der Waals surface area contributed by atoms with Gasteiger partial charge in [-0.15, -0.1) is 14.8 Å². The van der Waals surface area contributed by atoms with Crippen LogP contribution in [0.4, 0.5) is 11.5 Å². The molecule has 0 saturated carbocycles. The van der Waals surface area contributed by atoms with Gasteiger partial charge in [0.05, 0.1) is 14.2 Å². The molecule has 1 aromatic carbocycles. The monoisotopic (exact) mass is 286 g/mol. The first kappa shape index (κ1) is 13.1. The van der Waals surface area contributed by atoms with Crippen LogP contribution in [0.3, 0.4) is 0 Å². The zero-order valence-corrected chi connectivity index (χ0v) is 11.9. The molecular formula is C13H14N6O2. The number of benzene rings is 1. The van der Waals surface area contributed by atoms with Crippen molar-refractivity contribution in [3.63, 3.8) is 0 Å². The van der Waals surface area contributed by atoms with Crippen molar-refractivity contribution in [3.8, 4) is 11.5 Å². The average Bonchev–Trinajstić information content (AvgIpc) is 2.96. The molecular weight excluding hydrogens is 272 g/mol. The summed E-state index contributed by atoms with van der Waals surface area (Å²) in [4.78, 5) is 0. The molecule has 8 heteroatoms. The van der Waals surface area contributed by atoms with Crippen molar-refractivity contribution in [2.24, 2.45) is 0 Å². The predicted molar refractivity (Wildman–Crippen MR) is 76.1 cm³/mol. The molecule has 0 aliphatic rings. The van der Waals surface area contributed by atoms with Gasteiger partial charge in [-0.25, -0.2) is 0 Å². The molecule has 0 saturated heterocycles. The molecule has 2 aromatic heterocycles. The number of aromatic nitrogens is 5. The molecule has 21 heavy (non-hydrogen) atoms. The summed E-state index contributed by atoms with van der Waals surface area (Å²) in [5.74, 6) is 1.96. The Hall–Kier alpha value is -2.90. The molecule has 3 aromatic rings. The molecule has 0 spiro atoms. The number of methoxy groups -OCH3 is 2. The highest BCUT2D eigenvalue weighted by atomic mass is 16.5. The molecule has 0 atom stereocenters. The van der Waals surface area contributed by atoms with Gasteiger partial charge >= 0.3 is 0 Å². The second-order valence-corrected chi connectivity index (χ2v) is 4.39. The highest BCUT2D eigenvalue weighted by molar-refractivity contribution is 5.65. The Bertz CT molecular complexity index is 785. The Kier molecular flexibility index (Phi) is 3.27. The smallest absolute Gasteiger partial charge is 0.200 e. The Balaban J connectivity index is 1.96. The Labute approximate surface area is 120 Å². The van der Waals surface area contributed by atoms with Gasteiger partial charge in [0.2, 0.25) is 0 Å². The molecule has 3 rings (SSSR count). The van der Waals surface area contributed by atoms with E-state index < -0.39 is 0 Å². The van der Waals surface area contributed by atoms with Gasteiger partial charge in [-0.3, -0.25) is 0 Å². The van der Waals surface area contributed by atoms with E-state index in [2.05, 4.69) is 25.9 Å². The third-order valence-corrected chi connectivity index (χ3v) is 3.06. The minimum atomic E-state index is 0.588. The second-order valence-electron chi connectivity index (χ2n) is 4.39. The summed E-state index contributed by atoms with van der Waals surface area (Å²) in [7, 11) is 3.21. The van der Waals surface area contributed by atoms with Crippen molar-refractivity contribution >= 4 is 17.2 Å². The largest absolute Gasteiger partial charge is 0.493 e. The quantitative estimate of drug-likeness (QED) is 0.779. The fourth-order valence-corrected chi connectivity index (χ4v) is 1.97. The lowest BCUT2D eigenvalue weighted by Gasteiger charge is -2.13. The van der Waals surface area contributed by atoms with Gasteiger partial charge in [-0.2, -0.15) is 0 Å². The first-order valence-corrected chi connectivity index (χ1v) is 6.26. The maximum Gasteiger partial charge on any atom is 0.200 e. The van der Waals surface area contributed by atoms with Crippen molar-refractivity contribution in [1.82, 2.24) is 25.3 Å². The number of aryl methyl sites for hydroxylation is 1. The topological polar surface area (TPSA) is 86.5 Å². The summed E-state index contributed by atoms with van der Waals surface area (Å²) < 4.78 is 11.9. The van der Waals surface area contributed by atoms with Crippen LogP contribution in [-0.4, -0.2) is 39.5 Å². The lowest BCUT2D eigenvalue weighted by atomic mass is 10.1. The summed E-state index contributed by atoms with van der Waals surface area (Å²) in [6.07, 6.45) is 0. The number of nitrogens with zero attached hydrogens (tertiary/aromatic N) is 5. The number of fused-ring (bicyclic) bond motifs is 1. The number of nitrogens with one attached hydrogen (secondary N) is 1. The van der Waals surface area contributed by atoms with Crippen LogP contribution in [0.15, 0.2) is 24.3 Å². The summed E-state index contributed by atoms with van der Waals surface area (Å²) in [5.41, 5.74) is 2.46. The highest BCUT2D eigenvalue weighted by Crippen LogP contribution is 2.33. The standard InChI is InChI=1S/C13H14N6O2/c1-8-6-10(20-2)11(21-3)7-9(8)14-12-4-5-13-15-17-18-19(13)16-12/h4-7H,1-3H3,(H,14,16). The molecule has 1 N–H and O–H groups in total. The number of rotatable bonds is 4. The molecule has 0 fully saturated rings. The first-order valence-electron chi connectivity index (χ1n) is 6.26. The molecule has 0 unspecified atom stereocenters. The van der Waals surface area contributed by atoms with Crippen LogP contribution in [0.5, 0.6) is 11.5 Å². The van der Waals surface area contributed by atoms with Crippen molar-refractivity contribution < 1.29 is 9.47 Å². The van der Waals surface area contributed by atoms with E-state index >= 15 is 0 Å². The Morgan fingerprint density at radius 2 is 1.86 bits per heavy atom. The second kappa shape index (κ2) is 5.23. The van der Waals surface area contributed by atoms with E-state index in [-0.39, 0.29) is 0 Å². The molecule has 8 nitrogen and oxygen atoms in total. The SMILES string of the molecule is COc1cc(C)c(Nc2ccc3nnnn3n2)cc1OC. The third-order valence-electron chi connectivity index (χ3n) is 3.06. The zero-order chi connectivity index (χ0) is 14.8. The van der Waals surface area contributed by atoms with E-state index in [0.717, 1.165) is 11.3 Å². The fraction of sp³-hybridized carbons (Fsp3) is 0.231. The van der Waals surface area contributed by atoms with E-state index in [0.29, 0.717) is 23.0 Å². The van der Waals surface area contributed by atoms with Crippen LogP contribution in [0.25, 0.3) is 5.65 Å². The molecule has 0 radical (unpaired) electrons. The van der Waals surface area contributed by atoms with Gasteiger partial charge < -0.3 is 14.8 Å². The Morgan fingerprint density at radius 1 is 1.10 bits per heavy atom. The van der Waals surface area contributed by atoms with Gasteiger partial charge in [-0.1, -0.05) is 0 Å². The van der Waals surface area contributed by atoms with E-state index in [4.69, 9.17) is 9.47 Å². The van der Waals surface area contributed by atoms with Crippen LogP contribution < -0.4 is 14.8 Å². The van der Waals surface area contributed by atoms with E-state index in [1.165, 1.54) is 4.63 Å². The van der Waals surface area contributed by atoms with E-state index in [1.54, 1.807) is 20.3 Å². The van der Waals surface area contributed by atoms with Gasteiger partial charge in [0.25, 0.3) is 0 Å². The highest BCUT2D eigenvalue weighted by Gasteiger charge is 2.09. The molecule has 0 aliphatic heterocycles. The lowest BCUT2D eigenvalue weighted by molar-refractivity contribution is 0.355. The van der Waals surface area contributed by atoms with Crippen LogP contribution in [-0.2, 0) is 0 Å². The molecule has 2 heterocycles. The fourth-order valence-electron chi connectivity index (χ4n) is 1.97. The van der Waals surface area contributed by atoms with Crippen molar-refractivity contribution in [1.29, 1.82) is 0 Å². The average molecular weight is 286 g/mol. The number of hydrogen-bond acceptors (Lipinski definition) is 7. The van der Waals surface area contributed by atoms with E-state index in [9.17, 15) is 0 Å². The molecule has 108 valence electrons. The van der Waals surface area contributed by atoms with Crippen LogP contribution in [0, 0.1) is 6.92 Å². The van der Waals surface area contributed by atoms with Crippen molar-refractivity contribution in [2.45, 2.75) is 6.92 Å². The Morgan fingerprint density at radius 3 is 2.62 bits per heavy atom. The lowest BCUT2D eigenvalue weighted by Crippen LogP contribution is -2.02. The summed E-state index contributed by atoms with van der Waals surface area (Å²) >= 11 is 0. The third kappa shape index (κ3) is 2.42. The number of anilines is 2. The van der Waals surface area contributed by atoms with Crippen molar-refractivity contribution in [3.05, 3.63) is 29.8 Å². The van der Waals surface area contributed by atoms with E-state index in [1.807, 2.05) is 25.1 Å². The molecule has 0 aliphatic carbocycles. The summed E-state index contributed by atoms with van der Waals surface area (Å²) in [5, 5.41) is 18.6. The minimum absolute atomic E-state index is 0.588. The van der Waals surface area contributed by atoms with Gasteiger partial charge in [0, 0.05) is 11.8 Å². The zero-order valence-electron chi connectivity index (χ0n) is 11.9. The van der Waals surface area contributed by atoms with Crippen LogP contribution in [0.1, 0.15) is 5.56 Å². The molecule has 0 amide bonds. The minimum Gasteiger partial charge on any atom is -0.493 e. The normalized spacial score (nSPS) is 10.6. The summed E-state index contributed by atoms with van der Waals surface area (Å²) in [6.45, 7) is 1.97. The number of ether oxygens (including phenoxy) is 2. The first-order chi connectivity index (χ1) is 10.2. The van der Waals surface area contributed by atoms with Crippen LogP contribution in [0.2, 0.25) is 0 Å². The van der Waals surface area contributed by atoms with Crippen LogP contribution >= 0.6 is 0 Å². The molecule has 0 bridgehead atoms. The predicted octanol–water partition coefficient (Wildman–Crippen LogP) is 1.59. The number of tetrazole rings is 1. The van der Waals surface area contributed by atoms with Crippen molar-refractivity contribution in [2.75, 3.05) is 19.5 Å². The van der Waals surface area contributed by atoms with Gasteiger partial charge in [0.15, 0.2) is 23.0 Å².